The number of benzene rings is 2. The van der Waals surface area contributed by atoms with Gasteiger partial charge in [-0.05, 0) is 23.6 Å². The van der Waals surface area contributed by atoms with Gasteiger partial charge < -0.3 is 9.64 Å². The molecule has 4 heteroatoms. The lowest BCUT2D eigenvalue weighted by molar-refractivity contribution is 0.00984. The SMILES string of the molecule is CCC(=O)c1cccc(N2CCN(CC(OCC(C)C)c3ccccc3)CC2)c1. The summed E-state index contributed by atoms with van der Waals surface area (Å²) in [7, 11) is 0. The van der Waals surface area contributed by atoms with Gasteiger partial charge in [0.2, 0.25) is 0 Å². The molecule has 1 unspecified atom stereocenters. The first-order valence-electron chi connectivity index (χ1n) is 10.8. The molecule has 0 spiro atoms. The molecule has 1 heterocycles. The van der Waals surface area contributed by atoms with E-state index in [1.807, 2.05) is 25.1 Å². The third-order valence-corrected chi connectivity index (χ3v) is 5.45. The normalized spacial score (nSPS) is 16.2. The Kier molecular flexibility index (Phi) is 7.84. The van der Waals surface area contributed by atoms with Gasteiger partial charge in [-0.2, -0.15) is 0 Å². The largest absolute Gasteiger partial charge is 0.372 e. The smallest absolute Gasteiger partial charge is 0.162 e. The highest BCUT2D eigenvalue weighted by Crippen LogP contribution is 2.23. The number of carbonyl (C=O) groups is 1. The van der Waals surface area contributed by atoms with Crippen LogP contribution in [0.4, 0.5) is 5.69 Å². The van der Waals surface area contributed by atoms with E-state index in [0.717, 1.165) is 50.6 Å². The van der Waals surface area contributed by atoms with Gasteiger partial charge in [0.05, 0.1) is 6.10 Å². The highest BCUT2D eigenvalue weighted by molar-refractivity contribution is 5.96. The van der Waals surface area contributed by atoms with Crippen molar-refractivity contribution in [2.24, 2.45) is 5.92 Å². The van der Waals surface area contributed by atoms with E-state index in [2.05, 4.69) is 60.0 Å². The predicted octanol–water partition coefficient (Wildman–Crippen LogP) is 4.82. The molecule has 0 saturated carbocycles. The predicted molar refractivity (Wildman–Crippen MR) is 120 cm³/mol. The van der Waals surface area contributed by atoms with Crippen LogP contribution in [-0.4, -0.2) is 50.0 Å². The maximum absolute atomic E-state index is 12.0. The lowest BCUT2D eigenvalue weighted by Gasteiger charge is -2.38. The molecule has 0 amide bonds. The highest BCUT2D eigenvalue weighted by atomic mass is 16.5. The van der Waals surface area contributed by atoms with Gasteiger partial charge in [-0.25, -0.2) is 0 Å². The standard InChI is InChI=1S/C25H34N2O2/c1-4-24(28)22-11-8-12-23(17-22)27-15-13-26(14-16-27)18-25(29-19-20(2)3)21-9-6-5-7-10-21/h5-12,17,20,25H,4,13-16,18-19H2,1-3H3. The Morgan fingerprint density at radius 3 is 2.38 bits per heavy atom. The quantitative estimate of drug-likeness (QED) is 0.571. The fourth-order valence-corrected chi connectivity index (χ4v) is 3.73. The Morgan fingerprint density at radius 1 is 1.00 bits per heavy atom. The second kappa shape index (κ2) is 10.6. The van der Waals surface area contributed by atoms with Crippen molar-refractivity contribution in [3.8, 4) is 0 Å². The lowest BCUT2D eigenvalue weighted by atomic mass is 10.1. The van der Waals surface area contributed by atoms with E-state index in [1.54, 1.807) is 0 Å². The molecular weight excluding hydrogens is 360 g/mol. The molecule has 4 nitrogen and oxygen atoms in total. The summed E-state index contributed by atoms with van der Waals surface area (Å²) < 4.78 is 6.27. The number of nitrogens with zero attached hydrogens (tertiary/aromatic N) is 2. The van der Waals surface area contributed by atoms with Gasteiger partial charge in [0.1, 0.15) is 0 Å². The van der Waals surface area contributed by atoms with Crippen LogP contribution < -0.4 is 4.90 Å². The number of piperazine rings is 1. The van der Waals surface area contributed by atoms with Crippen molar-refractivity contribution >= 4 is 11.5 Å². The van der Waals surface area contributed by atoms with E-state index >= 15 is 0 Å². The van der Waals surface area contributed by atoms with E-state index in [9.17, 15) is 4.79 Å². The first kappa shape index (κ1) is 21.5. The molecule has 0 N–H and O–H groups in total. The first-order chi connectivity index (χ1) is 14.1. The summed E-state index contributed by atoms with van der Waals surface area (Å²) in [5, 5.41) is 0. The summed E-state index contributed by atoms with van der Waals surface area (Å²) in [5.41, 5.74) is 3.22. The van der Waals surface area contributed by atoms with E-state index < -0.39 is 0 Å². The van der Waals surface area contributed by atoms with Gasteiger partial charge in [-0.15, -0.1) is 0 Å². The number of hydrogen-bond donors (Lipinski definition) is 0. The van der Waals surface area contributed by atoms with Gasteiger partial charge in [0.25, 0.3) is 0 Å². The van der Waals surface area contributed by atoms with Crippen molar-refractivity contribution in [1.29, 1.82) is 0 Å². The molecule has 29 heavy (non-hydrogen) atoms. The Balaban J connectivity index is 1.59. The molecule has 1 atom stereocenters. The first-order valence-corrected chi connectivity index (χ1v) is 10.8. The summed E-state index contributed by atoms with van der Waals surface area (Å²) in [4.78, 5) is 16.9. The van der Waals surface area contributed by atoms with Crippen LogP contribution in [-0.2, 0) is 4.74 Å². The van der Waals surface area contributed by atoms with Crippen LogP contribution in [0, 0.1) is 5.92 Å². The number of anilines is 1. The number of carbonyl (C=O) groups excluding carboxylic acids is 1. The van der Waals surface area contributed by atoms with Crippen molar-refractivity contribution in [1.82, 2.24) is 4.90 Å². The third-order valence-electron chi connectivity index (χ3n) is 5.45. The van der Waals surface area contributed by atoms with E-state index in [4.69, 9.17) is 4.74 Å². The molecule has 0 radical (unpaired) electrons. The third kappa shape index (κ3) is 6.15. The average molecular weight is 395 g/mol. The fraction of sp³-hybridized carbons (Fsp3) is 0.480. The molecule has 0 aromatic heterocycles. The summed E-state index contributed by atoms with van der Waals surface area (Å²) in [6.45, 7) is 11.9. The molecule has 0 bridgehead atoms. The minimum atomic E-state index is 0.107. The Bertz CT molecular complexity index is 767. The minimum absolute atomic E-state index is 0.107. The van der Waals surface area contributed by atoms with Crippen LogP contribution in [0.25, 0.3) is 0 Å². The van der Waals surface area contributed by atoms with Gasteiger partial charge in [0.15, 0.2) is 5.78 Å². The molecular formula is C25H34N2O2. The topological polar surface area (TPSA) is 32.8 Å². The summed E-state index contributed by atoms with van der Waals surface area (Å²) in [6, 6.07) is 18.6. The van der Waals surface area contributed by atoms with Crippen LogP contribution in [0.3, 0.4) is 0 Å². The minimum Gasteiger partial charge on any atom is -0.372 e. The van der Waals surface area contributed by atoms with Crippen molar-refractivity contribution < 1.29 is 9.53 Å². The number of hydrogen-bond acceptors (Lipinski definition) is 4. The second-order valence-corrected chi connectivity index (χ2v) is 8.24. The van der Waals surface area contributed by atoms with Crippen LogP contribution in [0.15, 0.2) is 54.6 Å². The molecule has 1 fully saturated rings. The number of ether oxygens (including phenoxy) is 1. The number of rotatable bonds is 9. The zero-order valence-electron chi connectivity index (χ0n) is 18.0. The zero-order chi connectivity index (χ0) is 20.6. The Hall–Kier alpha value is -2.17. The molecule has 1 aliphatic rings. The van der Waals surface area contributed by atoms with Gasteiger partial charge in [-0.3, -0.25) is 9.69 Å². The molecule has 2 aromatic rings. The van der Waals surface area contributed by atoms with E-state index in [0.29, 0.717) is 12.3 Å². The fourth-order valence-electron chi connectivity index (χ4n) is 3.73. The van der Waals surface area contributed by atoms with Gasteiger partial charge in [-0.1, -0.05) is 63.2 Å². The average Bonchev–Trinajstić information content (AvgIpc) is 2.77. The van der Waals surface area contributed by atoms with Gasteiger partial charge in [0, 0.05) is 57.0 Å². The maximum Gasteiger partial charge on any atom is 0.162 e. The maximum atomic E-state index is 12.0. The van der Waals surface area contributed by atoms with E-state index in [-0.39, 0.29) is 11.9 Å². The molecule has 156 valence electrons. The monoisotopic (exact) mass is 394 g/mol. The van der Waals surface area contributed by atoms with Crippen molar-refractivity contribution in [3.05, 3.63) is 65.7 Å². The number of Topliss-reactive ketones (excluding diaryl/α,β-unsaturated/α-hetero) is 1. The van der Waals surface area contributed by atoms with E-state index in [1.165, 1.54) is 5.56 Å². The van der Waals surface area contributed by atoms with Crippen molar-refractivity contribution in [2.45, 2.75) is 33.3 Å². The Labute approximate surface area is 175 Å². The number of ketones is 1. The molecule has 1 aliphatic heterocycles. The van der Waals surface area contributed by atoms with Crippen molar-refractivity contribution in [3.63, 3.8) is 0 Å². The summed E-state index contributed by atoms with van der Waals surface area (Å²) in [5.74, 6) is 0.731. The van der Waals surface area contributed by atoms with Crippen LogP contribution in [0.1, 0.15) is 49.2 Å². The van der Waals surface area contributed by atoms with Crippen LogP contribution in [0.5, 0.6) is 0 Å². The lowest BCUT2D eigenvalue weighted by Crippen LogP contribution is -2.47. The molecule has 0 aliphatic carbocycles. The molecule has 3 rings (SSSR count). The van der Waals surface area contributed by atoms with Gasteiger partial charge >= 0.3 is 0 Å². The zero-order valence-corrected chi connectivity index (χ0v) is 18.0. The molecule has 2 aromatic carbocycles. The molecule has 1 saturated heterocycles. The summed E-state index contributed by atoms with van der Waals surface area (Å²) in [6.07, 6.45) is 0.657. The Morgan fingerprint density at radius 2 is 1.72 bits per heavy atom. The van der Waals surface area contributed by atoms with Crippen LogP contribution in [0.2, 0.25) is 0 Å². The highest BCUT2D eigenvalue weighted by Gasteiger charge is 2.22. The second-order valence-electron chi connectivity index (χ2n) is 8.24. The summed E-state index contributed by atoms with van der Waals surface area (Å²) >= 11 is 0. The van der Waals surface area contributed by atoms with Crippen LogP contribution >= 0.6 is 0 Å². The van der Waals surface area contributed by atoms with Crippen molar-refractivity contribution in [2.75, 3.05) is 44.2 Å².